The zero-order chi connectivity index (χ0) is 22.5. The minimum Gasteiger partial charge on any atom is -0.305 e. The maximum absolute atomic E-state index is 13.9. The Morgan fingerprint density at radius 3 is 2.42 bits per heavy atom. The maximum atomic E-state index is 13.9. The van der Waals surface area contributed by atoms with Crippen molar-refractivity contribution in [2.75, 3.05) is 5.32 Å². The van der Waals surface area contributed by atoms with E-state index in [0.29, 0.717) is 17.2 Å². The number of aromatic nitrogens is 4. The summed E-state index contributed by atoms with van der Waals surface area (Å²) in [5.74, 6) is -1.50. The molecule has 0 atom stereocenters. The third-order valence-electron chi connectivity index (χ3n) is 6.43. The molecule has 0 fully saturated rings. The number of amides is 1. The Bertz CT molecular complexity index is 1390. The van der Waals surface area contributed by atoms with Crippen LogP contribution in [-0.4, -0.2) is 25.5 Å². The van der Waals surface area contributed by atoms with Gasteiger partial charge in [0.15, 0.2) is 17.3 Å². The number of benzene rings is 2. The SMILES string of the molecule is O=C(Nc1c2c(nn1-c1ccccc1)CCC2)c1nn(-c2ccc(F)c(F)c2)c2c1CCC2. The quantitative estimate of drug-likeness (QED) is 0.501. The van der Waals surface area contributed by atoms with E-state index in [-0.39, 0.29) is 5.91 Å². The molecule has 2 heterocycles. The van der Waals surface area contributed by atoms with Gasteiger partial charge in [-0.1, -0.05) is 18.2 Å². The minimum atomic E-state index is -0.942. The van der Waals surface area contributed by atoms with Gasteiger partial charge < -0.3 is 5.32 Å². The molecule has 0 spiro atoms. The van der Waals surface area contributed by atoms with E-state index in [9.17, 15) is 13.6 Å². The number of halogens is 2. The number of nitrogens with one attached hydrogen (secondary N) is 1. The number of carbonyl (C=O) groups excluding carboxylic acids is 1. The second-order valence-electron chi connectivity index (χ2n) is 8.47. The molecule has 2 aliphatic carbocycles. The van der Waals surface area contributed by atoms with Gasteiger partial charge in [-0.15, -0.1) is 0 Å². The van der Waals surface area contributed by atoms with Crippen LogP contribution in [0, 0.1) is 11.6 Å². The van der Waals surface area contributed by atoms with Gasteiger partial charge in [0.2, 0.25) is 0 Å². The molecule has 0 bridgehead atoms. The van der Waals surface area contributed by atoms with Crippen LogP contribution in [0.25, 0.3) is 11.4 Å². The first-order valence-electron chi connectivity index (χ1n) is 11.1. The van der Waals surface area contributed by atoms with Crippen LogP contribution in [0.3, 0.4) is 0 Å². The first-order valence-corrected chi connectivity index (χ1v) is 11.1. The van der Waals surface area contributed by atoms with Gasteiger partial charge in [0.1, 0.15) is 5.82 Å². The summed E-state index contributed by atoms with van der Waals surface area (Å²) in [5.41, 5.74) is 5.39. The molecule has 1 N–H and O–H groups in total. The molecule has 0 unspecified atom stereocenters. The van der Waals surface area contributed by atoms with Gasteiger partial charge in [-0.2, -0.15) is 10.2 Å². The first-order chi connectivity index (χ1) is 16.1. The van der Waals surface area contributed by atoms with Gasteiger partial charge in [-0.05, 0) is 62.8 Å². The van der Waals surface area contributed by atoms with Crippen LogP contribution in [0.5, 0.6) is 0 Å². The Morgan fingerprint density at radius 1 is 0.818 bits per heavy atom. The highest BCUT2D eigenvalue weighted by Crippen LogP contribution is 2.33. The Balaban J connectivity index is 1.40. The topological polar surface area (TPSA) is 64.7 Å². The minimum absolute atomic E-state index is 0.318. The normalized spacial score (nSPS) is 14.4. The average Bonchev–Trinajstić information content (AvgIpc) is 3.58. The highest BCUT2D eigenvalue weighted by Gasteiger charge is 2.30. The number of rotatable bonds is 4. The fourth-order valence-corrected chi connectivity index (χ4v) is 4.89. The number of fused-ring (bicyclic) bond motifs is 2. The number of carbonyl (C=O) groups is 1. The lowest BCUT2D eigenvalue weighted by molar-refractivity contribution is 0.102. The van der Waals surface area contributed by atoms with Crippen molar-refractivity contribution in [3.05, 3.63) is 88.4 Å². The third kappa shape index (κ3) is 3.25. The van der Waals surface area contributed by atoms with Crippen molar-refractivity contribution < 1.29 is 13.6 Å². The van der Waals surface area contributed by atoms with E-state index in [1.54, 1.807) is 9.36 Å². The Hall–Kier alpha value is -3.81. The van der Waals surface area contributed by atoms with Gasteiger partial charge in [0.05, 0.1) is 17.1 Å². The molecule has 2 aliphatic rings. The van der Waals surface area contributed by atoms with Crippen LogP contribution in [0.2, 0.25) is 0 Å². The summed E-state index contributed by atoms with van der Waals surface area (Å²) in [6, 6.07) is 13.4. The number of nitrogens with zero attached hydrogens (tertiary/aromatic N) is 4. The van der Waals surface area contributed by atoms with Crippen molar-refractivity contribution in [2.24, 2.45) is 0 Å². The van der Waals surface area contributed by atoms with E-state index in [4.69, 9.17) is 5.10 Å². The highest BCUT2D eigenvalue weighted by molar-refractivity contribution is 6.04. The number of hydrogen-bond donors (Lipinski definition) is 1. The van der Waals surface area contributed by atoms with Crippen LogP contribution in [0.4, 0.5) is 14.6 Å². The monoisotopic (exact) mass is 445 g/mol. The zero-order valence-electron chi connectivity index (χ0n) is 17.8. The van der Waals surface area contributed by atoms with Gasteiger partial charge in [-0.3, -0.25) is 4.79 Å². The lowest BCUT2D eigenvalue weighted by atomic mass is 10.2. The predicted molar refractivity (Wildman–Crippen MR) is 119 cm³/mol. The molecule has 0 aliphatic heterocycles. The van der Waals surface area contributed by atoms with E-state index in [2.05, 4.69) is 10.4 Å². The molecule has 0 radical (unpaired) electrons. The van der Waals surface area contributed by atoms with Crippen molar-refractivity contribution in [3.63, 3.8) is 0 Å². The van der Waals surface area contributed by atoms with Crippen LogP contribution >= 0.6 is 0 Å². The average molecular weight is 445 g/mol. The van der Waals surface area contributed by atoms with Crippen molar-refractivity contribution in [2.45, 2.75) is 38.5 Å². The van der Waals surface area contributed by atoms with E-state index in [0.717, 1.165) is 78.9 Å². The first kappa shape index (κ1) is 19.8. The summed E-state index contributed by atoms with van der Waals surface area (Å²) in [6.07, 6.45) is 5.09. The largest absolute Gasteiger partial charge is 0.305 e. The summed E-state index contributed by atoms with van der Waals surface area (Å²) in [6.45, 7) is 0. The molecule has 8 heteroatoms. The number of aryl methyl sites for hydroxylation is 1. The van der Waals surface area contributed by atoms with Crippen LogP contribution in [-0.2, 0) is 25.7 Å². The molecule has 4 aromatic rings. The Labute approximate surface area is 188 Å². The number of para-hydroxylation sites is 1. The van der Waals surface area contributed by atoms with Gasteiger partial charge in [-0.25, -0.2) is 18.1 Å². The van der Waals surface area contributed by atoms with Crippen molar-refractivity contribution in [3.8, 4) is 11.4 Å². The van der Waals surface area contributed by atoms with E-state index >= 15 is 0 Å². The van der Waals surface area contributed by atoms with E-state index in [1.165, 1.54) is 6.07 Å². The number of anilines is 1. The summed E-state index contributed by atoms with van der Waals surface area (Å²) in [5, 5.41) is 12.4. The van der Waals surface area contributed by atoms with Gasteiger partial charge >= 0.3 is 0 Å². The smallest absolute Gasteiger partial charge is 0.277 e. The van der Waals surface area contributed by atoms with Crippen molar-refractivity contribution >= 4 is 11.7 Å². The molecule has 1 amide bonds. The van der Waals surface area contributed by atoms with Crippen LogP contribution in [0.1, 0.15) is 45.8 Å². The Morgan fingerprint density at radius 2 is 1.61 bits per heavy atom. The summed E-state index contributed by atoms with van der Waals surface area (Å²) in [7, 11) is 0. The molecule has 166 valence electrons. The molecule has 2 aromatic carbocycles. The fourth-order valence-electron chi connectivity index (χ4n) is 4.89. The Kier molecular flexibility index (Phi) is 4.60. The fraction of sp³-hybridized carbons (Fsp3) is 0.240. The summed E-state index contributed by atoms with van der Waals surface area (Å²) < 4.78 is 30.7. The van der Waals surface area contributed by atoms with Crippen LogP contribution in [0.15, 0.2) is 48.5 Å². The molecule has 6 nitrogen and oxygen atoms in total. The number of hydrogen-bond acceptors (Lipinski definition) is 3. The van der Waals surface area contributed by atoms with Gasteiger partial charge in [0.25, 0.3) is 5.91 Å². The highest BCUT2D eigenvalue weighted by atomic mass is 19.2. The second-order valence-corrected chi connectivity index (χ2v) is 8.47. The lowest BCUT2D eigenvalue weighted by Crippen LogP contribution is -2.18. The molecule has 2 aromatic heterocycles. The zero-order valence-corrected chi connectivity index (χ0v) is 17.8. The molecule has 6 rings (SSSR count). The molecule has 0 saturated carbocycles. The molecule has 33 heavy (non-hydrogen) atoms. The third-order valence-corrected chi connectivity index (χ3v) is 6.43. The summed E-state index contributed by atoms with van der Waals surface area (Å²) >= 11 is 0. The second kappa shape index (κ2) is 7.65. The summed E-state index contributed by atoms with van der Waals surface area (Å²) in [4.78, 5) is 13.5. The standard InChI is InChI=1S/C25H21F2N5O/c26-19-13-12-16(14-20(19)27)31-22-11-5-9-18(22)23(30-31)25(33)28-24-17-8-4-10-21(17)29-32(24)15-6-2-1-3-7-15/h1-3,6-7,12-14H,4-5,8-11H2,(H,28,33). The van der Waals surface area contributed by atoms with E-state index < -0.39 is 11.6 Å². The molecular formula is C25H21F2N5O. The lowest BCUT2D eigenvalue weighted by Gasteiger charge is -2.11. The van der Waals surface area contributed by atoms with E-state index in [1.807, 2.05) is 30.3 Å². The van der Waals surface area contributed by atoms with Crippen molar-refractivity contribution in [1.29, 1.82) is 0 Å². The van der Waals surface area contributed by atoms with Crippen LogP contribution < -0.4 is 5.32 Å². The van der Waals surface area contributed by atoms with Gasteiger partial charge in [0, 0.05) is 22.9 Å². The van der Waals surface area contributed by atoms with Crippen molar-refractivity contribution in [1.82, 2.24) is 19.6 Å². The predicted octanol–water partition coefficient (Wildman–Crippen LogP) is 4.57. The maximum Gasteiger partial charge on any atom is 0.277 e. The molecule has 0 saturated heterocycles. The molecular weight excluding hydrogens is 424 g/mol.